The Bertz CT molecular complexity index is 793. The summed E-state index contributed by atoms with van der Waals surface area (Å²) in [4.78, 5) is 30.0. The Morgan fingerprint density at radius 1 is 1.33 bits per heavy atom. The van der Waals surface area contributed by atoms with Crippen LogP contribution in [0.5, 0.6) is 0 Å². The van der Waals surface area contributed by atoms with E-state index >= 15 is 0 Å². The quantitative estimate of drug-likeness (QED) is 0.868. The lowest BCUT2D eigenvalue weighted by Gasteiger charge is -2.33. The number of rotatable bonds is 3. The fraction of sp³-hybridized carbons (Fsp3) is 0.333. The normalized spacial score (nSPS) is 17.6. The minimum absolute atomic E-state index is 0.0884. The van der Waals surface area contributed by atoms with E-state index in [1.807, 2.05) is 4.90 Å². The number of halogens is 2. The van der Waals surface area contributed by atoms with Gasteiger partial charge in [0, 0.05) is 19.3 Å². The van der Waals surface area contributed by atoms with Crippen LogP contribution in [-0.2, 0) is 4.79 Å². The summed E-state index contributed by atoms with van der Waals surface area (Å²) in [6.45, 7) is 1.18. The molecule has 0 radical (unpaired) electrons. The standard InChI is InChI=1S/C15H15Cl2N5O2/c16-10-3-4-12(18-6-10)20-14(23)9-2-1-5-22(8-9)11-7-19-21-15(24)13(11)17/h3-4,6-7,9H,1-2,5,8H2,(H,21,24)(H,18,20,23). The zero-order chi connectivity index (χ0) is 17.1. The van der Waals surface area contributed by atoms with Gasteiger partial charge in [0.15, 0.2) is 0 Å². The van der Waals surface area contributed by atoms with Crippen LogP contribution in [0.15, 0.2) is 29.3 Å². The molecule has 0 aromatic carbocycles. The third-order valence-corrected chi connectivity index (χ3v) is 4.48. The lowest BCUT2D eigenvalue weighted by molar-refractivity contribution is -0.120. The van der Waals surface area contributed by atoms with Gasteiger partial charge in [-0.05, 0) is 25.0 Å². The number of amides is 1. The highest BCUT2D eigenvalue weighted by atomic mass is 35.5. The van der Waals surface area contributed by atoms with Gasteiger partial charge in [-0.1, -0.05) is 23.2 Å². The molecule has 1 saturated heterocycles. The summed E-state index contributed by atoms with van der Waals surface area (Å²) in [5.41, 5.74) is 0.105. The Labute approximate surface area is 148 Å². The lowest BCUT2D eigenvalue weighted by atomic mass is 9.97. The topological polar surface area (TPSA) is 91.0 Å². The summed E-state index contributed by atoms with van der Waals surface area (Å²) >= 11 is 11.8. The first-order chi connectivity index (χ1) is 11.5. The number of hydrogen-bond acceptors (Lipinski definition) is 5. The van der Waals surface area contributed by atoms with Crippen molar-refractivity contribution in [3.8, 4) is 0 Å². The minimum Gasteiger partial charge on any atom is -0.368 e. The van der Waals surface area contributed by atoms with E-state index in [0.29, 0.717) is 29.6 Å². The largest absolute Gasteiger partial charge is 0.368 e. The van der Waals surface area contributed by atoms with Crippen LogP contribution in [0.2, 0.25) is 10.0 Å². The molecule has 7 nitrogen and oxygen atoms in total. The van der Waals surface area contributed by atoms with Crippen molar-refractivity contribution in [1.29, 1.82) is 0 Å². The van der Waals surface area contributed by atoms with E-state index in [2.05, 4.69) is 20.5 Å². The van der Waals surface area contributed by atoms with E-state index in [9.17, 15) is 9.59 Å². The number of carbonyl (C=O) groups excluding carboxylic acids is 1. The molecule has 9 heteroatoms. The Hall–Kier alpha value is -2.12. The fourth-order valence-electron chi connectivity index (χ4n) is 2.68. The van der Waals surface area contributed by atoms with Crippen molar-refractivity contribution in [2.45, 2.75) is 12.8 Å². The summed E-state index contributed by atoms with van der Waals surface area (Å²) in [5.74, 6) is 0.104. The third-order valence-electron chi connectivity index (χ3n) is 3.89. The average molecular weight is 368 g/mol. The van der Waals surface area contributed by atoms with E-state index in [1.54, 1.807) is 12.1 Å². The van der Waals surface area contributed by atoms with Crippen molar-refractivity contribution in [2.24, 2.45) is 5.92 Å². The van der Waals surface area contributed by atoms with Gasteiger partial charge in [-0.25, -0.2) is 10.1 Å². The lowest BCUT2D eigenvalue weighted by Crippen LogP contribution is -2.41. The Morgan fingerprint density at radius 3 is 2.92 bits per heavy atom. The molecule has 3 rings (SSSR count). The molecular formula is C15H15Cl2N5O2. The first-order valence-electron chi connectivity index (χ1n) is 7.45. The van der Waals surface area contributed by atoms with Crippen LogP contribution < -0.4 is 15.8 Å². The van der Waals surface area contributed by atoms with Gasteiger partial charge in [-0.15, -0.1) is 0 Å². The summed E-state index contributed by atoms with van der Waals surface area (Å²) in [6.07, 6.45) is 4.55. The number of nitrogens with zero attached hydrogens (tertiary/aromatic N) is 3. The number of hydrogen-bond donors (Lipinski definition) is 2. The van der Waals surface area contributed by atoms with E-state index < -0.39 is 5.56 Å². The molecule has 3 heterocycles. The average Bonchev–Trinajstić information content (AvgIpc) is 2.59. The van der Waals surface area contributed by atoms with Gasteiger partial charge < -0.3 is 10.2 Å². The smallest absolute Gasteiger partial charge is 0.285 e. The van der Waals surface area contributed by atoms with Crippen LogP contribution >= 0.6 is 23.2 Å². The SMILES string of the molecule is O=C(Nc1ccc(Cl)cn1)C1CCCN(c2cn[nH]c(=O)c2Cl)C1. The van der Waals surface area contributed by atoms with Crippen LogP contribution in [-0.4, -0.2) is 34.2 Å². The van der Waals surface area contributed by atoms with Crippen LogP contribution in [0, 0.1) is 5.92 Å². The molecule has 2 aromatic heterocycles. The number of nitrogens with one attached hydrogen (secondary N) is 2. The monoisotopic (exact) mass is 367 g/mol. The van der Waals surface area contributed by atoms with Gasteiger partial charge in [-0.3, -0.25) is 9.59 Å². The zero-order valence-electron chi connectivity index (χ0n) is 12.6. The van der Waals surface area contributed by atoms with Gasteiger partial charge >= 0.3 is 0 Å². The molecule has 1 amide bonds. The Kier molecular flexibility index (Phi) is 5.01. The second kappa shape index (κ2) is 7.19. The van der Waals surface area contributed by atoms with Crippen LogP contribution in [0.3, 0.4) is 0 Å². The summed E-state index contributed by atoms with van der Waals surface area (Å²) < 4.78 is 0. The second-order valence-electron chi connectivity index (χ2n) is 5.53. The van der Waals surface area contributed by atoms with E-state index in [0.717, 1.165) is 12.8 Å². The molecule has 1 fully saturated rings. The molecule has 2 aromatic rings. The zero-order valence-corrected chi connectivity index (χ0v) is 14.1. The van der Waals surface area contributed by atoms with E-state index in [-0.39, 0.29) is 16.8 Å². The van der Waals surface area contributed by atoms with Crippen LogP contribution in [0.1, 0.15) is 12.8 Å². The number of pyridine rings is 1. The highest BCUT2D eigenvalue weighted by Gasteiger charge is 2.27. The van der Waals surface area contributed by atoms with Crippen molar-refractivity contribution in [1.82, 2.24) is 15.2 Å². The molecule has 126 valence electrons. The van der Waals surface area contributed by atoms with Crippen molar-refractivity contribution in [2.75, 3.05) is 23.3 Å². The number of anilines is 2. The molecule has 1 aliphatic rings. The molecule has 24 heavy (non-hydrogen) atoms. The molecule has 1 aliphatic heterocycles. The van der Waals surface area contributed by atoms with Crippen molar-refractivity contribution in [3.63, 3.8) is 0 Å². The number of aromatic amines is 1. The number of H-pyrrole nitrogens is 1. The molecule has 1 atom stereocenters. The van der Waals surface area contributed by atoms with E-state index in [4.69, 9.17) is 23.2 Å². The molecule has 0 saturated carbocycles. The highest BCUT2D eigenvalue weighted by molar-refractivity contribution is 6.33. The summed E-state index contributed by atoms with van der Waals surface area (Å²) in [5, 5.41) is 9.45. The summed E-state index contributed by atoms with van der Waals surface area (Å²) in [7, 11) is 0. The second-order valence-corrected chi connectivity index (χ2v) is 6.35. The first-order valence-corrected chi connectivity index (χ1v) is 8.21. The predicted octanol–water partition coefficient (Wildman–Crippen LogP) is 2.33. The van der Waals surface area contributed by atoms with Gasteiger partial charge in [-0.2, -0.15) is 5.10 Å². The highest BCUT2D eigenvalue weighted by Crippen LogP contribution is 2.27. The van der Waals surface area contributed by atoms with Gasteiger partial charge in [0.25, 0.3) is 5.56 Å². The van der Waals surface area contributed by atoms with Crippen molar-refractivity contribution >= 4 is 40.6 Å². The van der Waals surface area contributed by atoms with Gasteiger partial charge in [0.1, 0.15) is 10.8 Å². The summed E-state index contributed by atoms with van der Waals surface area (Å²) in [6, 6.07) is 3.32. The molecule has 1 unspecified atom stereocenters. The van der Waals surface area contributed by atoms with Crippen molar-refractivity contribution < 1.29 is 4.79 Å². The Morgan fingerprint density at radius 2 is 2.17 bits per heavy atom. The molecular weight excluding hydrogens is 353 g/mol. The molecule has 0 spiro atoms. The van der Waals surface area contributed by atoms with Gasteiger partial charge in [0.05, 0.1) is 22.8 Å². The number of aromatic nitrogens is 3. The third kappa shape index (κ3) is 3.68. The first kappa shape index (κ1) is 16.7. The fourth-order valence-corrected chi connectivity index (χ4v) is 3.00. The minimum atomic E-state index is -0.439. The maximum Gasteiger partial charge on any atom is 0.285 e. The van der Waals surface area contributed by atoms with Crippen molar-refractivity contribution in [3.05, 3.63) is 44.9 Å². The molecule has 0 bridgehead atoms. The molecule has 0 aliphatic carbocycles. The number of piperidine rings is 1. The van der Waals surface area contributed by atoms with Crippen LogP contribution in [0.25, 0.3) is 0 Å². The Balaban J connectivity index is 1.71. The number of carbonyl (C=O) groups is 1. The van der Waals surface area contributed by atoms with Gasteiger partial charge in [0.2, 0.25) is 5.91 Å². The maximum absolute atomic E-state index is 12.5. The predicted molar refractivity (Wildman–Crippen MR) is 92.7 cm³/mol. The molecule has 2 N–H and O–H groups in total. The maximum atomic E-state index is 12.5. The van der Waals surface area contributed by atoms with Crippen LogP contribution in [0.4, 0.5) is 11.5 Å². The van der Waals surface area contributed by atoms with E-state index in [1.165, 1.54) is 12.4 Å².